The molecular formula is C14H14ClN3. The van der Waals surface area contributed by atoms with E-state index in [4.69, 9.17) is 11.6 Å². The number of hydrogen-bond acceptors (Lipinski definition) is 3. The minimum atomic E-state index is 0.195. The summed E-state index contributed by atoms with van der Waals surface area (Å²) in [7, 11) is 0. The number of aryl methyl sites for hydroxylation is 3. The summed E-state index contributed by atoms with van der Waals surface area (Å²) in [6.45, 7) is 3.90. The lowest BCUT2D eigenvalue weighted by Crippen LogP contribution is -2.06. The van der Waals surface area contributed by atoms with Crippen molar-refractivity contribution in [1.29, 1.82) is 0 Å². The zero-order valence-corrected chi connectivity index (χ0v) is 11.2. The molecule has 18 heavy (non-hydrogen) atoms. The molecule has 0 amide bonds. The Morgan fingerprint density at radius 2 is 1.94 bits per heavy atom. The molecular weight excluding hydrogens is 246 g/mol. The van der Waals surface area contributed by atoms with E-state index in [9.17, 15) is 0 Å². The van der Waals surface area contributed by atoms with Crippen molar-refractivity contribution in [3.8, 4) is 0 Å². The summed E-state index contributed by atoms with van der Waals surface area (Å²) in [5.41, 5.74) is 5.12. The molecule has 3 nitrogen and oxygen atoms in total. The number of fused-ring (bicyclic) bond motifs is 1. The average Bonchev–Trinajstić information content (AvgIpc) is 2.78. The average molecular weight is 260 g/mol. The van der Waals surface area contributed by atoms with Gasteiger partial charge >= 0.3 is 0 Å². The highest BCUT2D eigenvalue weighted by Crippen LogP contribution is 2.38. The van der Waals surface area contributed by atoms with Gasteiger partial charge in [-0.05, 0) is 38.3 Å². The molecule has 0 radical (unpaired) electrons. The van der Waals surface area contributed by atoms with Crippen LogP contribution < -0.4 is 0 Å². The molecule has 0 bridgehead atoms. The fourth-order valence-corrected chi connectivity index (χ4v) is 2.79. The minimum absolute atomic E-state index is 0.195. The third kappa shape index (κ3) is 1.79. The number of nitrogens with zero attached hydrogens (tertiary/aromatic N) is 3. The van der Waals surface area contributed by atoms with Crippen molar-refractivity contribution in [1.82, 2.24) is 15.0 Å². The molecule has 0 aromatic carbocycles. The summed E-state index contributed by atoms with van der Waals surface area (Å²) in [5.74, 6) is 0.195. The van der Waals surface area contributed by atoms with E-state index in [2.05, 4.69) is 21.0 Å². The van der Waals surface area contributed by atoms with Crippen LogP contribution in [0.15, 0.2) is 18.3 Å². The van der Waals surface area contributed by atoms with Crippen LogP contribution in [0.3, 0.4) is 0 Å². The second-order valence-corrected chi connectivity index (χ2v) is 5.07. The summed E-state index contributed by atoms with van der Waals surface area (Å²) in [5, 5.41) is 0.515. The second-order valence-electron chi connectivity index (χ2n) is 4.71. The van der Waals surface area contributed by atoms with Crippen molar-refractivity contribution < 1.29 is 0 Å². The molecule has 2 aromatic rings. The molecule has 0 fully saturated rings. The Labute approximate surface area is 111 Å². The molecule has 92 valence electrons. The summed E-state index contributed by atoms with van der Waals surface area (Å²) in [6, 6.07) is 4.11. The summed E-state index contributed by atoms with van der Waals surface area (Å²) >= 11 is 6.25. The monoisotopic (exact) mass is 259 g/mol. The highest BCUT2D eigenvalue weighted by Gasteiger charge is 2.28. The van der Waals surface area contributed by atoms with E-state index >= 15 is 0 Å². The lowest BCUT2D eigenvalue weighted by molar-refractivity contribution is 0.733. The van der Waals surface area contributed by atoms with Gasteiger partial charge in [0, 0.05) is 12.1 Å². The molecule has 1 atom stereocenters. The first-order valence-electron chi connectivity index (χ1n) is 6.11. The van der Waals surface area contributed by atoms with Crippen LogP contribution in [0.2, 0.25) is 5.15 Å². The van der Waals surface area contributed by atoms with Crippen molar-refractivity contribution in [2.45, 2.75) is 32.6 Å². The fraction of sp³-hybridized carbons (Fsp3) is 0.357. The van der Waals surface area contributed by atoms with Gasteiger partial charge in [0.05, 0.1) is 22.8 Å². The summed E-state index contributed by atoms with van der Waals surface area (Å²) in [6.07, 6.45) is 3.89. The fourth-order valence-electron chi connectivity index (χ4n) is 2.49. The van der Waals surface area contributed by atoms with Gasteiger partial charge in [0.2, 0.25) is 0 Å². The van der Waals surface area contributed by atoms with Gasteiger partial charge < -0.3 is 0 Å². The van der Waals surface area contributed by atoms with E-state index in [1.807, 2.05) is 26.1 Å². The maximum atomic E-state index is 6.25. The van der Waals surface area contributed by atoms with Crippen molar-refractivity contribution in [3.05, 3.63) is 51.8 Å². The predicted molar refractivity (Wildman–Crippen MR) is 70.9 cm³/mol. The maximum absolute atomic E-state index is 6.25. The summed E-state index contributed by atoms with van der Waals surface area (Å²) in [4.78, 5) is 13.5. The van der Waals surface area contributed by atoms with E-state index < -0.39 is 0 Å². The van der Waals surface area contributed by atoms with Crippen LogP contribution >= 0.6 is 11.6 Å². The van der Waals surface area contributed by atoms with Crippen molar-refractivity contribution in [3.63, 3.8) is 0 Å². The van der Waals surface area contributed by atoms with Gasteiger partial charge in [-0.15, -0.1) is 0 Å². The molecule has 0 saturated carbocycles. The molecule has 3 rings (SSSR count). The lowest BCUT2D eigenvalue weighted by Gasteiger charge is -2.13. The zero-order valence-electron chi connectivity index (χ0n) is 10.4. The van der Waals surface area contributed by atoms with Gasteiger partial charge in [-0.3, -0.25) is 9.97 Å². The molecule has 0 saturated heterocycles. The van der Waals surface area contributed by atoms with E-state index in [0.717, 1.165) is 35.6 Å². The predicted octanol–water partition coefficient (Wildman–Crippen LogP) is 3.22. The number of aromatic nitrogens is 3. The van der Waals surface area contributed by atoms with Crippen molar-refractivity contribution >= 4 is 11.6 Å². The Kier molecular flexibility index (Phi) is 2.78. The third-order valence-corrected chi connectivity index (χ3v) is 3.86. The Morgan fingerprint density at radius 3 is 2.78 bits per heavy atom. The largest absolute Gasteiger partial charge is 0.260 e. The van der Waals surface area contributed by atoms with Gasteiger partial charge in [-0.25, -0.2) is 4.98 Å². The Hall–Kier alpha value is -1.48. The Bertz CT molecular complexity index is 610. The number of rotatable bonds is 1. The molecule has 0 spiro atoms. The normalized spacial score (nSPS) is 17.8. The molecule has 0 aliphatic heterocycles. The Morgan fingerprint density at radius 1 is 1.17 bits per heavy atom. The third-order valence-electron chi connectivity index (χ3n) is 3.58. The highest BCUT2D eigenvalue weighted by atomic mass is 35.5. The molecule has 1 unspecified atom stereocenters. The van der Waals surface area contributed by atoms with Crippen LogP contribution in [0.5, 0.6) is 0 Å². The van der Waals surface area contributed by atoms with Gasteiger partial charge in [-0.1, -0.05) is 17.7 Å². The van der Waals surface area contributed by atoms with Crippen LogP contribution in [0, 0.1) is 13.8 Å². The number of halogens is 1. The summed E-state index contributed by atoms with van der Waals surface area (Å²) < 4.78 is 0. The Balaban J connectivity index is 2.10. The maximum Gasteiger partial charge on any atom is 0.151 e. The van der Waals surface area contributed by atoms with Crippen LogP contribution in [0.25, 0.3) is 0 Å². The minimum Gasteiger partial charge on any atom is -0.260 e. The van der Waals surface area contributed by atoms with Gasteiger partial charge in [0.15, 0.2) is 5.15 Å². The molecule has 0 N–H and O–H groups in total. The molecule has 2 aromatic heterocycles. The molecule has 4 heteroatoms. The van der Waals surface area contributed by atoms with Gasteiger partial charge in [0.25, 0.3) is 0 Å². The second kappa shape index (κ2) is 4.32. The van der Waals surface area contributed by atoms with E-state index in [1.54, 1.807) is 0 Å². The first-order chi connectivity index (χ1) is 8.66. The van der Waals surface area contributed by atoms with E-state index in [1.165, 1.54) is 5.56 Å². The number of hydrogen-bond donors (Lipinski definition) is 0. The smallest absolute Gasteiger partial charge is 0.151 e. The van der Waals surface area contributed by atoms with E-state index in [-0.39, 0.29) is 5.92 Å². The standard InChI is InChI=1S/C14H14ClN3/c1-8-9(2)18-14(15)13(17-8)11-6-5-10-4-3-7-16-12(10)11/h3-4,7,11H,5-6H2,1-2H3. The quantitative estimate of drug-likeness (QED) is 0.789. The van der Waals surface area contributed by atoms with Crippen LogP contribution in [0.4, 0.5) is 0 Å². The molecule has 1 aliphatic rings. The van der Waals surface area contributed by atoms with Crippen molar-refractivity contribution in [2.24, 2.45) is 0 Å². The SMILES string of the molecule is Cc1nc(Cl)c(C2CCc3cccnc32)nc1C. The zero-order chi connectivity index (χ0) is 12.7. The highest BCUT2D eigenvalue weighted by molar-refractivity contribution is 6.30. The van der Waals surface area contributed by atoms with Crippen LogP contribution in [0.1, 0.15) is 40.7 Å². The van der Waals surface area contributed by atoms with Crippen molar-refractivity contribution in [2.75, 3.05) is 0 Å². The van der Waals surface area contributed by atoms with Gasteiger partial charge in [0.1, 0.15) is 0 Å². The lowest BCUT2D eigenvalue weighted by atomic mass is 10.0. The first-order valence-corrected chi connectivity index (χ1v) is 6.49. The first kappa shape index (κ1) is 11.6. The number of pyridine rings is 1. The van der Waals surface area contributed by atoms with Crippen LogP contribution in [-0.2, 0) is 6.42 Å². The van der Waals surface area contributed by atoms with Gasteiger partial charge in [-0.2, -0.15) is 0 Å². The topological polar surface area (TPSA) is 38.7 Å². The molecule has 2 heterocycles. The molecule has 1 aliphatic carbocycles. The van der Waals surface area contributed by atoms with Crippen LogP contribution in [-0.4, -0.2) is 15.0 Å². The van der Waals surface area contributed by atoms with E-state index in [0.29, 0.717) is 5.15 Å².